The second-order valence-corrected chi connectivity index (χ2v) is 10.8. The Bertz CT molecular complexity index is 1730. The number of thiophene rings is 1. The molecule has 1 amide bonds. The highest BCUT2D eigenvalue weighted by Crippen LogP contribution is 2.23. The molecule has 1 aromatic heterocycles. The summed E-state index contributed by atoms with van der Waals surface area (Å²) in [5, 5.41) is 14.8. The number of hydrogen-bond donors (Lipinski definition) is 2. The van der Waals surface area contributed by atoms with Crippen LogP contribution in [0.1, 0.15) is 31.2 Å². The lowest BCUT2D eigenvalue weighted by Gasteiger charge is -2.22. The average molecular weight is 609 g/mol. The molecule has 0 radical (unpaired) electrons. The minimum absolute atomic E-state index is 0.151. The number of ether oxygens (including phenoxy) is 1. The number of nitrogens with one attached hydrogen (secondary N) is 1. The Balaban J connectivity index is 1.22. The van der Waals surface area contributed by atoms with E-state index in [2.05, 4.69) is 5.32 Å². The van der Waals surface area contributed by atoms with Crippen molar-refractivity contribution in [2.75, 3.05) is 23.4 Å². The summed E-state index contributed by atoms with van der Waals surface area (Å²) >= 11 is 1.31. The third kappa shape index (κ3) is 7.56. The molecule has 1 heterocycles. The molecule has 0 bridgehead atoms. The molecule has 1 unspecified atom stereocenters. The van der Waals surface area contributed by atoms with Gasteiger partial charge in [0.2, 0.25) is 0 Å². The zero-order chi connectivity index (χ0) is 30.9. The molecule has 0 saturated heterocycles. The van der Waals surface area contributed by atoms with Crippen molar-refractivity contribution >= 4 is 40.4 Å². The molecule has 222 valence electrons. The predicted octanol–water partition coefficient (Wildman–Crippen LogP) is 6.95. The first-order chi connectivity index (χ1) is 21.4. The summed E-state index contributed by atoms with van der Waals surface area (Å²) in [5.41, 5.74) is 2.52. The van der Waals surface area contributed by atoms with Crippen molar-refractivity contribution in [1.82, 2.24) is 0 Å². The van der Waals surface area contributed by atoms with Gasteiger partial charge in [0, 0.05) is 28.9 Å². The fourth-order valence-corrected chi connectivity index (χ4v) is 5.35. The minimum atomic E-state index is -1.06. The molecule has 5 aromatic rings. The van der Waals surface area contributed by atoms with Crippen LogP contribution in [0.2, 0.25) is 0 Å². The first-order valence-electron chi connectivity index (χ1n) is 13.9. The van der Waals surface area contributed by atoms with Crippen molar-refractivity contribution in [3.63, 3.8) is 0 Å². The lowest BCUT2D eigenvalue weighted by atomic mass is 10.00. The Hall–Kier alpha value is -5.28. The number of anilines is 2. The van der Waals surface area contributed by atoms with Gasteiger partial charge in [0.1, 0.15) is 24.2 Å². The number of hydrogen-bond acceptors (Lipinski definition) is 6. The summed E-state index contributed by atoms with van der Waals surface area (Å²) in [6.07, 6.45) is 0.159. The van der Waals surface area contributed by atoms with Crippen molar-refractivity contribution in [3.05, 3.63) is 148 Å². The molecule has 4 aromatic carbocycles. The molecule has 0 aliphatic carbocycles. The van der Waals surface area contributed by atoms with E-state index >= 15 is 0 Å². The number of benzene rings is 4. The standard InChI is InChI=1S/C35H29FN2O5S/c36-26-10-6-11-27(23-26)38(34(40)32-14-7-21-44-32)19-20-43-28-17-15-24(16-18-28)22-31(35(41)42)37-30-13-5-4-12-29(30)33(39)25-8-2-1-3-9-25/h1-18,21,23,31,37H,19-20,22H2,(H,41,42). The van der Waals surface area contributed by atoms with Gasteiger partial charge < -0.3 is 20.1 Å². The predicted molar refractivity (Wildman–Crippen MR) is 169 cm³/mol. The van der Waals surface area contributed by atoms with Gasteiger partial charge in [-0.2, -0.15) is 0 Å². The van der Waals surface area contributed by atoms with Gasteiger partial charge in [-0.05, 0) is 59.5 Å². The van der Waals surface area contributed by atoms with Crippen LogP contribution in [-0.4, -0.2) is 42.0 Å². The molecule has 44 heavy (non-hydrogen) atoms. The van der Waals surface area contributed by atoms with Crippen molar-refractivity contribution in [3.8, 4) is 5.75 Å². The number of ketones is 1. The number of carboxylic acids is 1. The molecule has 5 rings (SSSR count). The first kappa shape index (κ1) is 30.2. The van der Waals surface area contributed by atoms with Gasteiger partial charge in [0.05, 0.1) is 11.4 Å². The molecule has 2 N–H and O–H groups in total. The smallest absolute Gasteiger partial charge is 0.326 e. The third-order valence-electron chi connectivity index (χ3n) is 6.88. The van der Waals surface area contributed by atoms with Crippen molar-refractivity contribution < 1.29 is 28.6 Å². The molecular weight excluding hydrogens is 579 g/mol. The number of carbonyl (C=O) groups is 3. The van der Waals surface area contributed by atoms with Crippen LogP contribution in [0.15, 0.2) is 121 Å². The summed E-state index contributed by atoms with van der Waals surface area (Å²) in [7, 11) is 0. The van der Waals surface area contributed by atoms with Crippen LogP contribution in [0.5, 0.6) is 5.75 Å². The van der Waals surface area contributed by atoms with Crippen molar-refractivity contribution in [1.29, 1.82) is 0 Å². The second kappa shape index (κ2) is 14.3. The largest absolute Gasteiger partial charge is 0.492 e. The molecule has 0 spiro atoms. The number of amides is 1. The number of carbonyl (C=O) groups excluding carboxylic acids is 2. The molecule has 1 atom stereocenters. The van der Waals surface area contributed by atoms with Gasteiger partial charge in [0.25, 0.3) is 5.91 Å². The van der Waals surface area contributed by atoms with E-state index in [1.165, 1.54) is 28.4 Å². The lowest BCUT2D eigenvalue weighted by molar-refractivity contribution is -0.137. The van der Waals surface area contributed by atoms with Gasteiger partial charge >= 0.3 is 5.97 Å². The Morgan fingerprint density at radius 2 is 1.61 bits per heavy atom. The average Bonchev–Trinajstić information content (AvgIpc) is 3.59. The fraction of sp³-hybridized carbons (Fsp3) is 0.114. The molecular formula is C35H29FN2O5S. The van der Waals surface area contributed by atoms with Gasteiger partial charge in [0.15, 0.2) is 5.78 Å². The van der Waals surface area contributed by atoms with Gasteiger partial charge in [-0.3, -0.25) is 9.59 Å². The number of nitrogens with zero attached hydrogens (tertiary/aromatic N) is 1. The summed E-state index contributed by atoms with van der Waals surface area (Å²) in [6.45, 7) is 0.340. The Morgan fingerprint density at radius 1 is 0.864 bits per heavy atom. The first-order valence-corrected chi connectivity index (χ1v) is 14.8. The van der Waals surface area contributed by atoms with E-state index in [-0.39, 0.29) is 31.3 Å². The summed E-state index contributed by atoms with van der Waals surface area (Å²) in [4.78, 5) is 40.4. The highest BCUT2D eigenvalue weighted by atomic mass is 32.1. The zero-order valence-electron chi connectivity index (χ0n) is 23.6. The van der Waals surface area contributed by atoms with E-state index in [9.17, 15) is 23.9 Å². The molecule has 0 aliphatic heterocycles. The van der Waals surface area contributed by atoms with E-state index in [4.69, 9.17) is 4.74 Å². The van der Waals surface area contributed by atoms with Gasteiger partial charge in [-0.1, -0.05) is 66.7 Å². The third-order valence-corrected chi connectivity index (χ3v) is 7.74. The highest BCUT2D eigenvalue weighted by molar-refractivity contribution is 7.12. The molecule has 0 saturated carbocycles. The van der Waals surface area contributed by atoms with Crippen LogP contribution < -0.4 is 15.0 Å². The van der Waals surface area contributed by atoms with Crippen LogP contribution >= 0.6 is 11.3 Å². The monoisotopic (exact) mass is 608 g/mol. The number of rotatable bonds is 13. The summed E-state index contributed by atoms with van der Waals surface area (Å²) in [6, 6.07) is 31.1. The number of para-hydroxylation sites is 1. The van der Waals surface area contributed by atoms with Crippen molar-refractivity contribution in [2.24, 2.45) is 0 Å². The van der Waals surface area contributed by atoms with E-state index in [1.807, 2.05) is 11.4 Å². The van der Waals surface area contributed by atoms with Crippen LogP contribution in [0.3, 0.4) is 0 Å². The highest BCUT2D eigenvalue weighted by Gasteiger charge is 2.22. The Morgan fingerprint density at radius 3 is 2.32 bits per heavy atom. The fourth-order valence-electron chi connectivity index (χ4n) is 4.68. The molecule has 7 nitrogen and oxygen atoms in total. The van der Waals surface area contributed by atoms with E-state index in [0.717, 1.165) is 5.56 Å². The maximum absolute atomic E-state index is 13.9. The van der Waals surface area contributed by atoms with Gasteiger partial charge in [-0.15, -0.1) is 11.3 Å². The van der Waals surface area contributed by atoms with Crippen molar-refractivity contribution in [2.45, 2.75) is 12.5 Å². The topological polar surface area (TPSA) is 95.9 Å². The number of carboxylic acid groups (broad SMARTS) is 1. The summed E-state index contributed by atoms with van der Waals surface area (Å²) < 4.78 is 19.8. The normalized spacial score (nSPS) is 11.4. The van der Waals surface area contributed by atoms with E-state index < -0.39 is 17.8 Å². The number of halogens is 1. The van der Waals surface area contributed by atoms with Crippen LogP contribution in [0.4, 0.5) is 15.8 Å². The summed E-state index contributed by atoms with van der Waals surface area (Å²) in [5.74, 6) is -1.41. The van der Waals surface area contributed by atoms with Crippen LogP contribution in [0.25, 0.3) is 0 Å². The molecule has 0 aliphatic rings. The Labute approximate surface area is 258 Å². The SMILES string of the molecule is O=C(c1ccccc1)c1ccccc1NC(Cc1ccc(OCCN(C(=O)c2cccs2)c2cccc(F)c2)cc1)C(=O)O. The van der Waals surface area contributed by atoms with Crippen LogP contribution in [0, 0.1) is 5.82 Å². The zero-order valence-corrected chi connectivity index (χ0v) is 24.4. The molecule has 9 heteroatoms. The Kier molecular flexibility index (Phi) is 9.78. The maximum atomic E-state index is 13.9. The van der Waals surface area contributed by atoms with Gasteiger partial charge in [-0.25, -0.2) is 9.18 Å². The minimum Gasteiger partial charge on any atom is -0.492 e. The van der Waals surface area contributed by atoms with E-state index in [1.54, 1.807) is 97.1 Å². The number of aliphatic carboxylic acids is 1. The quantitative estimate of drug-likeness (QED) is 0.141. The van der Waals surface area contributed by atoms with Crippen LogP contribution in [-0.2, 0) is 11.2 Å². The maximum Gasteiger partial charge on any atom is 0.326 e. The molecule has 0 fully saturated rings. The lowest BCUT2D eigenvalue weighted by Crippen LogP contribution is -2.34. The van der Waals surface area contributed by atoms with E-state index in [0.29, 0.717) is 33.1 Å². The second-order valence-electron chi connectivity index (χ2n) is 9.89.